The predicted molar refractivity (Wildman–Crippen MR) is 56.4 cm³/mol. The Labute approximate surface area is 82.6 Å². The third kappa shape index (κ3) is 5.38. The summed E-state index contributed by atoms with van der Waals surface area (Å²) in [6, 6.07) is 0. The van der Waals surface area contributed by atoms with Crippen molar-refractivity contribution in [3.8, 4) is 0 Å². The Morgan fingerprint density at radius 2 is 1.77 bits per heavy atom. The van der Waals surface area contributed by atoms with Gasteiger partial charge >= 0.3 is 9.28 Å². The van der Waals surface area contributed by atoms with E-state index in [0.29, 0.717) is 13.2 Å². The summed E-state index contributed by atoms with van der Waals surface area (Å²) in [7, 11) is -1.60. The molecule has 0 radical (unpaired) electrons. The van der Waals surface area contributed by atoms with Crippen molar-refractivity contribution in [3.63, 3.8) is 0 Å². The van der Waals surface area contributed by atoms with Gasteiger partial charge in [0.15, 0.2) is 0 Å². The van der Waals surface area contributed by atoms with E-state index in [1.807, 2.05) is 13.8 Å². The molecule has 1 atom stereocenters. The van der Waals surface area contributed by atoms with Gasteiger partial charge in [0, 0.05) is 13.2 Å². The molecule has 3 N–H and O–H groups in total. The second-order valence-electron chi connectivity index (χ2n) is 2.84. The molecular weight excluding hydrogens is 184 g/mol. The highest BCUT2D eigenvalue weighted by Gasteiger charge is 2.23. The van der Waals surface area contributed by atoms with E-state index < -0.39 is 9.28 Å². The highest BCUT2D eigenvalue weighted by Crippen LogP contribution is 2.03. The zero-order valence-corrected chi connectivity index (χ0v) is 10.0. The fourth-order valence-electron chi connectivity index (χ4n) is 1.22. The maximum Gasteiger partial charge on any atom is 0.340 e. The van der Waals surface area contributed by atoms with Crippen LogP contribution in [0.5, 0.6) is 0 Å². The Kier molecular flexibility index (Phi) is 8.68. The Morgan fingerprint density at radius 1 is 1.23 bits per heavy atom. The van der Waals surface area contributed by atoms with E-state index in [-0.39, 0.29) is 5.67 Å². The van der Waals surface area contributed by atoms with Gasteiger partial charge in [0.1, 0.15) is 0 Å². The Morgan fingerprint density at radius 3 is 2.08 bits per heavy atom. The van der Waals surface area contributed by atoms with Gasteiger partial charge in [-0.25, -0.2) is 0 Å². The minimum absolute atomic E-state index is 0.227. The molecule has 0 aliphatic rings. The first-order valence-electron chi connectivity index (χ1n) is 4.99. The third-order valence-corrected chi connectivity index (χ3v) is 4.31. The normalized spacial score (nSPS) is 13.6. The fraction of sp³-hybridized carbons (Fsp3) is 1.00. The van der Waals surface area contributed by atoms with Gasteiger partial charge in [0.05, 0.1) is 5.67 Å². The summed E-state index contributed by atoms with van der Waals surface area (Å²) in [5, 5.41) is 0. The Bertz CT molecular complexity index is 110. The van der Waals surface area contributed by atoms with Gasteiger partial charge in [-0.05, 0) is 20.3 Å². The van der Waals surface area contributed by atoms with Crippen LogP contribution in [0.3, 0.4) is 0 Å². The average molecular weight is 206 g/mol. The third-order valence-electron chi connectivity index (χ3n) is 1.80. The molecule has 13 heavy (non-hydrogen) atoms. The first kappa shape index (κ1) is 13.1. The monoisotopic (exact) mass is 206 g/mol. The van der Waals surface area contributed by atoms with Gasteiger partial charge in [-0.15, -0.1) is 0 Å². The number of nitrogens with two attached hydrogens (primary N) is 1. The highest BCUT2D eigenvalue weighted by atomic mass is 28.3. The molecule has 0 bridgehead atoms. The molecule has 0 saturated heterocycles. The lowest BCUT2D eigenvalue weighted by atomic mass is 10.3. The summed E-state index contributed by atoms with van der Waals surface area (Å²) >= 11 is 0. The maximum atomic E-state index is 5.56. The molecule has 0 amide bonds. The van der Waals surface area contributed by atoms with Crippen molar-refractivity contribution in [2.75, 3.05) is 13.2 Å². The van der Waals surface area contributed by atoms with E-state index in [0.717, 1.165) is 12.8 Å². The van der Waals surface area contributed by atoms with Crippen molar-refractivity contribution >= 4 is 9.28 Å². The highest BCUT2D eigenvalue weighted by molar-refractivity contribution is 6.46. The molecule has 0 aromatic carbocycles. The molecule has 0 aliphatic heterocycles. The van der Waals surface area contributed by atoms with Crippen LogP contribution in [0.4, 0.5) is 0 Å². The van der Waals surface area contributed by atoms with E-state index >= 15 is 0 Å². The quantitative estimate of drug-likeness (QED) is 0.344. The average Bonchev–Trinajstić information content (AvgIpc) is 2.14. The summed E-state index contributed by atoms with van der Waals surface area (Å²) in [6.07, 6.45) is 2.12. The minimum atomic E-state index is -1.60. The molecule has 0 aliphatic carbocycles. The lowest BCUT2D eigenvalue weighted by molar-refractivity contribution is 0.197. The molecule has 0 heterocycles. The summed E-state index contributed by atoms with van der Waals surface area (Å²) in [4.78, 5) is 0. The number of hydrogen-bond acceptors (Lipinski definition) is 4. The summed E-state index contributed by atoms with van der Waals surface area (Å²) in [6.45, 7) is 7.52. The maximum absolute atomic E-state index is 5.56. The van der Waals surface area contributed by atoms with Crippen molar-refractivity contribution in [2.45, 2.75) is 39.3 Å². The number of hydrazine groups is 1. The van der Waals surface area contributed by atoms with Gasteiger partial charge in [-0.1, -0.05) is 13.3 Å². The second-order valence-corrected chi connectivity index (χ2v) is 5.05. The number of hydrogen-bond donors (Lipinski definition) is 2. The molecule has 1 unspecified atom stereocenters. The molecule has 0 rings (SSSR count). The Hall–Kier alpha value is 0.0569. The van der Waals surface area contributed by atoms with Crippen molar-refractivity contribution in [1.82, 2.24) is 5.43 Å². The van der Waals surface area contributed by atoms with E-state index in [1.165, 1.54) is 0 Å². The molecule has 0 saturated carbocycles. The van der Waals surface area contributed by atoms with Crippen LogP contribution in [-0.4, -0.2) is 28.2 Å². The molecular formula is C8H22N2O2Si. The SMILES string of the molecule is CCCC(NN)[SiH](OCC)OCC. The molecule has 0 aromatic heterocycles. The topological polar surface area (TPSA) is 56.5 Å². The van der Waals surface area contributed by atoms with Crippen molar-refractivity contribution in [1.29, 1.82) is 0 Å². The smallest absolute Gasteiger partial charge is 0.340 e. The zero-order valence-electron chi connectivity index (χ0n) is 8.88. The van der Waals surface area contributed by atoms with Crippen LogP contribution in [-0.2, 0) is 8.85 Å². The van der Waals surface area contributed by atoms with Crippen molar-refractivity contribution in [3.05, 3.63) is 0 Å². The first-order valence-corrected chi connectivity index (χ1v) is 6.60. The van der Waals surface area contributed by atoms with Gasteiger partial charge in [-0.2, -0.15) is 0 Å². The van der Waals surface area contributed by atoms with Crippen LogP contribution in [0.2, 0.25) is 0 Å². The lowest BCUT2D eigenvalue weighted by Gasteiger charge is -2.23. The second kappa shape index (κ2) is 8.65. The molecule has 0 fully saturated rings. The predicted octanol–water partition coefficient (Wildman–Crippen LogP) is 0.451. The van der Waals surface area contributed by atoms with Crippen molar-refractivity contribution in [2.24, 2.45) is 5.84 Å². The van der Waals surface area contributed by atoms with E-state index in [4.69, 9.17) is 14.7 Å². The van der Waals surface area contributed by atoms with Crippen LogP contribution >= 0.6 is 0 Å². The first-order chi connectivity index (χ1) is 6.29. The van der Waals surface area contributed by atoms with Crippen LogP contribution < -0.4 is 11.3 Å². The molecule has 5 heteroatoms. The minimum Gasteiger partial charge on any atom is -0.396 e. The van der Waals surface area contributed by atoms with Crippen LogP contribution in [0, 0.1) is 0 Å². The standard InChI is InChI=1S/C8H22N2O2Si/c1-4-7-8(10-9)13(11-5-2)12-6-3/h8,10,13H,4-7,9H2,1-3H3. The van der Waals surface area contributed by atoms with Crippen LogP contribution in [0.1, 0.15) is 33.6 Å². The van der Waals surface area contributed by atoms with Gasteiger partial charge in [0.2, 0.25) is 0 Å². The summed E-state index contributed by atoms with van der Waals surface area (Å²) in [5.41, 5.74) is 3.01. The largest absolute Gasteiger partial charge is 0.396 e. The lowest BCUT2D eigenvalue weighted by Crippen LogP contribution is -2.50. The summed E-state index contributed by atoms with van der Waals surface area (Å²) < 4.78 is 11.1. The van der Waals surface area contributed by atoms with E-state index in [9.17, 15) is 0 Å². The van der Waals surface area contributed by atoms with Crippen molar-refractivity contribution < 1.29 is 8.85 Å². The number of rotatable bonds is 8. The van der Waals surface area contributed by atoms with Crippen LogP contribution in [0.25, 0.3) is 0 Å². The molecule has 0 spiro atoms. The van der Waals surface area contributed by atoms with E-state index in [1.54, 1.807) is 0 Å². The molecule has 4 nitrogen and oxygen atoms in total. The van der Waals surface area contributed by atoms with Gasteiger partial charge in [0.25, 0.3) is 0 Å². The van der Waals surface area contributed by atoms with E-state index in [2.05, 4.69) is 12.3 Å². The molecule has 0 aromatic rings. The zero-order chi connectivity index (χ0) is 10.1. The van der Waals surface area contributed by atoms with Crippen LogP contribution in [0.15, 0.2) is 0 Å². The Balaban J connectivity index is 3.94. The summed E-state index contributed by atoms with van der Waals surface area (Å²) in [5.74, 6) is 5.45. The van der Waals surface area contributed by atoms with Gasteiger partial charge < -0.3 is 8.85 Å². The fourth-order valence-corrected chi connectivity index (χ4v) is 3.20. The molecule has 80 valence electrons. The number of nitrogens with one attached hydrogen (secondary N) is 1. The van der Waals surface area contributed by atoms with Gasteiger partial charge in [-0.3, -0.25) is 11.3 Å².